The third-order valence-corrected chi connectivity index (χ3v) is 7.30. The zero-order chi connectivity index (χ0) is 35.4. The topological polar surface area (TPSA) is 180 Å². The maximum Gasteiger partial charge on any atom is 0.343 e. The van der Waals surface area contributed by atoms with Crippen LogP contribution in [0.15, 0.2) is 90.0 Å². The van der Waals surface area contributed by atoms with Gasteiger partial charge in [-0.25, -0.2) is 29.0 Å². The number of ether oxygens (including phenoxy) is 4. The number of amides is 4. The van der Waals surface area contributed by atoms with Crippen LogP contribution in [0.3, 0.4) is 0 Å². The van der Waals surface area contributed by atoms with Crippen molar-refractivity contribution in [2.45, 2.75) is 20.8 Å². The minimum Gasteiger partial charge on any atom is -0.440 e. The van der Waals surface area contributed by atoms with Crippen LogP contribution in [0.1, 0.15) is 60.8 Å². The lowest BCUT2D eigenvalue weighted by molar-refractivity contribution is -0.143. The molecule has 0 aromatic heterocycles. The van der Waals surface area contributed by atoms with Gasteiger partial charge in [0.2, 0.25) is 0 Å². The molecule has 4 amide bonds. The van der Waals surface area contributed by atoms with Crippen LogP contribution < -0.4 is 9.47 Å². The third kappa shape index (κ3) is 7.49. The summed E-state index contributed by atoms with van der Waals surface area (Å²) >= 11 is 0. The second kappa shape index (κ2) is 14.0. The normalized spacial score (nSPS) is 14.0. The number of imide groups is 2. The molecule has 0 saturated carbocycles. The van der Waals surface area contributed by atoms with E-state index < -0.39 is 61.0 Å². The average molecular weight is 667 g/mol. The number of carbonyl (C=O) groups is 8. The lowest BCUT2D eigenvalue weighted by Crippen LogP contribution is -2.34. The Hall–Kier alpha value is -6.70. The fraction of sp³-hybridized carbons (Fsp3) is 0.143. The zero-order valence-electron chi connectivity index (χ0n) is 26.2. The summed E-state index contributed by atoms with van der Waals surface area (Å²) in [6, 6.07) is 15.0. The van der Waals surface area contributed by atoms with Crippen molar-refractivity contribution in [1.29, 1.82) is 0 Å². The number of nitrogens with zero attached hydrogens (tertiary/aromatic N) is 2. The molecule has 5 rings (SSSR count). The van der Waals surface area contributed by atoms with Crippen LogP contribution in [-0.4, -0.2) is 70.8 Å². The molecule has 3 aromatic carbocycles. The van der Waals surface area contributed by atoms with Crippen molar-refractivity contribution < 1.29 is 57.3 Å². The summed E-state index contributed by atoms with van der Waals surface area (Å²) in [5.74, 6) is -4.99. The first-order chi connectivity index (χ1) is 23.3. The molecule has 14 nitrogen and oxygen atoms in total. The predicted molar refractivity (Wildman–Crippen MR) is 166 cm³/mol. The average Bonchev–Trinajstić information content (AvgIpc) is 3.48. The van der Waals surface area contributed by atoms with Gasteiger partial charge in [0, 0.05) is 23.3 Å². The van der Waals surface area contributed by atoms with Gasteiger partial charge in [0.25, 0.3) is 23.6 Å². The monoisotopic (exact) mass is 666 g/mol. The van der Waals surface area contributed by atoms with Crippen molar-refractivity contribution in [2.24, 2.45) is 0 Å². The SMILES string of the molecule is CC1=CC(=O)N(COC(=O)c2ccc(C(=O)Oc3ccc(OC(=O)c4ccc(C(=O)OCN5C(=O)C=C(C)C5=O)cc4)c(C)c3)cc2)C1=O. The highest BCUT2D eigenvalue weighted by Crippen LogP contribution is 2.25. The van der Waals surface area contributed by atoms with Gasteiger partial charge in [-0.2, -0.15) is 0 Å². The lowest BCUT2D eigenvalue weighted by atomic mass is 10.1. The molecular formula is C35H26N2O12. The van der Waals surface area contributed by atoms with E-state index in [2.05, 4.69) is 0 Å². The summed E-state index contributed by atoms with van der Waals surface area (Å²) in [5, 5.41) is 0. The molecule has 0 fully saturated rings. The summed E-state index contributed by atoms with van der Waals surface area (Å²) in [7, 11) is 0. The number of hydrogen-bond donors (Lipinski definition) is 0. The van der Waals surface area contributed by atoms with Gasteiger partial charge in [-0.15, -0.1) is 0 Å². The molecule has 49 heavy (non-hydrogen) atoms. The van der Waals surface area contributed by atoms with Crippen LogP contribution in [0.5, 0.6) is 11.5 Å². The Labute approximate surface area is 278 Å². The smallest absolute Gasteiger partial charge is 0.343 e. The highest BCUT2D eigenvalue weighted by Gasteiger charge is 2.30. The highest BCUT2D eigenvalue weighted by molar-refractivity contribution is 6.16. The van der Waals surface area contributed by atoms with Crippen LogP contribution in [0, 0.1) is 6.92 Å². The Morgan fingerprint density at radius 1 is 0.531 bits per heavy atom. The van der Waals surface area contributed by atoms with Gasteiger partial charge in [-0.1, -0.05) is 0 Å². The minimum absolute atomic E-state index is 0.0812. The first kappa shape index (κ1) is 33.7. The molecule has 3 aromatic rings. The van der Waals surface area contributed by atoms with Crippen molar-refractivity contribution in [1.82, 2.24) is 9.80 Å². The molecule has 2 aliphatic rings. The summed E-state index contributed by atoms with van der Waals surface area (Å²) in [5.41, 5.74) is 1.34. The minimum atomic E-state index is -0.803. The van der Waals surface area contributed by atoms with Crippen molar-refractivity contribution in [3.05, 3.63) is 118 Å². The van der Waals surface area contributed by atoms with Crippen LogP contribution in [0.4, 0.5) is 0 Å². The summed E-state index contributed by atoms with van der Waals surface area (Å²) < 4.78 is 21.0. The summed E-state index contributed by atoms with van der Waals surface area (Å²) in [4.78, 5) is 99.2. The van der Waals surface area contributed by atoms with Gasteiger partial charge in [0.05, 0.1) is 22.3 Å². The van der Waals surface area contributed by atoms with E-state index >= 15 is 0 Å². The molecule has 0 unspecified atom stereocenters. The molecule has 2 aliphatic heterocycles. The number of hydrogen-bond acceptors (Lipinski definition) is 12. The zero-order valence-corrected chi connectivity index (χ0v) is 26.2. The second-order valence-electron chi connectivity index (χ2n) is 10.8. The Morgan fingerprint density at radius 3 is 1.29 bits per heavy atom. The van der Waals surface area contributed by atoms with E-state index in [-0.39, 0.29) is 44.9 Å². The summed E-state index contributed by atoms with van der Waals surface area (Å²) in [6.45, 7) is 3.49. The molecule has 0 saturated heterocycles. The Kier molecular flexibility index (Phi) is 9.59. The number of aryl methyl sites for hydroxylation is 1. The predicted octanol–water partition coefficient (Wildman–Crippen LogP) is 3.29. The van der Waals surface area contributed by atoms with Crippen LogP contribution in [0.25, 0.3) is 0 Å². The van der Waals surface area contributed by atoms with Gasteiger partial charge in [-0.3, -0.25) is 19.2 Å². The number of rotatable bonds is 10. The molecule has 2 heterocycles. The molecule has 0 spiro atoms. The molecule has 0 radical (unpaired) electrons. The van der Waals surface area contributed by atoms with E-state index in [1.807, 2.05) is 0 Å². The van der Waals surface area contributed by atoms with Crippen molar-refractivity contribution in [2.75, 3.05) is 13.5 Å². The lowest BCUT2D eigenvalue weighted by Gasteiger charge is -2.14. The molecule has 248 valence electrons. The largest absolute Gasteiger partial charge is 0.440 e. The van der Waals surface area contributed by atoms with E-state index in [1.54, 1.807) is 6.92 Å². The van der Waals surface area contributed by atoms with E-state index in [9.17, 15) is 38.4 Å². The number of esters is 4. The molecule has 0 atom stereocenters. The van der Waals surface area contributed by atoms with Gasteiger partial charge >= 0.3 is 23.9 Å². The maximum absolute atomic E-state index is 12.7. The van der Waals surface area contributed by atoms with E-state index in [4.69, 9.17) is 18.9 Å². The Balaban J connectivity index is 1.11. The quantitative estimate of drug-likeness (QED) is 0.175. The Morgan fingerprint density at radius 2 is 0.918 bits per heavy atom. The fourth-order valence-electron chi connectivity index (χ4n) is 4.54. The maximum atomic E-state index is 12.7. The van der Waals surface area contributed by atoms with Crippen LogP contribution in [0.2, 0.25) is 0 Å². The first-order valence-corrected chi connectivity index (χ1v) is 14.5. The fourth-order valence-corrected chi connectivity index (χ4v) is 4.54. The Bertz CT molecular complexity index is 1990. The molecule has 0 N–H and O–H groups in total. The van der Waals surface area contributed by atoms with Gasteiger partial charge in [0.1, 0.15) is 11.5 Å². The summed E-state index contributed by atoms with van der Waals surface area (Å²) in [6.07, 6.45) is 2.30. The van der Waals surface area contributed by atoms with E-state index in [1.165, 1.54) is 80.6 Å². The number of benzene rings is 3. The van der Waals surface area contributed by atoms with Crippen LogP contribution >= 0.6 is 0 Å². The standard InChI is InChI=1S/C35H26N2O12/c1-19-14-26(48-34(44)24-8-4-22(5-9-24)32(42)46-17-36-28(38)15-20(2)30(36)40)12-13-27(19)49-35(45)25-10-6-23(7-11-25)33(43)47-18-37-29(39)16-21(3)31(37)41/h4-16H,17-18H2,1-3H3. The molecule has 14 heteroatoms. The van der Waals surface area contributed by atoms with Crippen molar-refractivity contribution >= 4 is 47.5 Å². The second-order valence-corrected chi connectivity index (χ2v) is 10.8. The van der Waals surface area contributed by atoms with Gasteiger partial charge in [0.15, 0.2) is 13.5 Å². The van der Waals surface area contributed by atoms with Gasteiger partial charge < -0.3 is 18.9 Å². The first-order valence-electron chi connectivity index (χ1n) is 14.5. The van der Waals surface area contributed by atoms with Crippen molar-refractivity contribution in [3.63, 3.8) is 0 Å². The van der Waals surface area contributed by atoms with Gasteiger partial charge in [-0.05, 0) is 93.1 Å². The van der Waals surface area contributed by atoms with E-state index in [0.717, 1.165) is 22.0 Å². The molecular weight excluding hydrogens is 640 g/mol. The van der Waals surface area contributed by atoms with Crippen LogP contribution in [-0.2, 0) is 28.7 Å². The van der Waals surface area contributed by atoms with E-state index in [0.29, 0.717) is 5.56 Å². The molecule has 0 aliphatic carbocycles. The number of carbonyl (C=O) groups excluding carboxylic acids is 8. The van der Waals surface area contributed by atoms with Crippen molar-refractivity contribution in [3.8, 4) is 11.5 Å². The molecule has 0 bridgehead atoms. The third-order valence-electron chi connectivity index (χ3n) is 7.30. The highest BCUT2D eigenvalue weighted by atomic mass is 16.6.